The number of hydrogen-bond donors (Lipinski definition) is 2. The second-order valence-electron chi connectivity index (χ2n) is 5.46. The van der Waals surface area contributed by atoms with Gasteiger partial charge in [0.1, 0.15) is 11.5 Å². The quantitative estimate of drug-likeness (QED) is 0.363. The minimum absolute atomic E-state index is 0.0430. The fourth-order valence-electron chi connectivity index (χ4n) is 2.55. The summed E-state index contributed by atoms with van der Waals surface area (Å²) in [5, 5.41) is 21.8. The highest BCUT2D eigenvalue weighted by atomic mass is 79.9. The zero-order valence-corrected chi connectivity index (χ0v) is 20.2. The van der Waals surface area contributed by atoms with Crippen LogP contribution in [0.15, 0.2) is 72.5 Å². The van der Waals surface area contributed by atoms with Gasteiger partial charge in [0.15, 0.2) is 7.14 Å². The van der Waals surface area contributed by atoms with Crippen LogP contribution >= 0.6 is 70.9 Å². The Kier molecular flexibility index (Phi) is 6.05. The van der Waals surface area contributed by atoms with Gasteiger partial charge in [-0.15, -0.1) is 0 Å². The molecule has 0 spiro atoms. The lowest BCUT2D eigenvalue weighted by Gasteiger charge is -2.22. The van der Waals surface area contributed by atoms with Crippen LogP contribution in [0, 0.1) is 0 Å². The maximum Gasteiger partial charge on any atom is 0.171 e. The average molecular weight is 626 g/mol. The molecule has 0 amide bonds. The van der Waals surface area contributed by atoms with Gasteiger partial charge in [-0.1, -0.05) is 30.3 Å². The highest BCUT2D eigenvalue weighted by molar-refractivity contribution is 9.11. The Morgan fingerprint density at radius 2 is 0.962 bits per heavy atom. The molecule has 0 heterocycles. The molecule has 0 saturated carbocycles. The molecule has 8 heteroatoms. The largest absolute Gasteiger partial charge is 0.506 e. The van der Waals surface area contributed by atoms with E-state index in [9.17, 15) is 14.8 Å². The monoisotopic (exact) mass is 622 g/mol. The van der Waals surface area contributed by atoms with Crippen LogP contribution in [0.25, 0.3) is 0 Å². The Balaban J connectivity index is 2.38. The Morgan fingerprint density at radius 3 is 1.31 bits per heavy atom. The summed E-state index contributed by atoms with van der Waals surface area (Å²) in [5.41, 5.74) is 0. The van der Waals surface area contributed by atoms with E-state index in [1.54, 1.807) is 24.3 Å². The van der Waals surface area contributed by atoms with Crippen molar-refractivity contribution in [2.75, 3.05) is 0 Å². The molecule has 26 heavy (non-hydrogen) atoms. The molecule has 0 aromatic heterocycles. The normalized spacial score (nSPS) is 11.5. The molecule has 134 valence electrons. The first-order valence-corrected chi connectivity index (χ1v) is 12.2. The maximum absolute atomic E-state index is 14.4. The van der Waals surface area contributed by atoms with Crippen molar-refractivity contribution < 1.29 is 14.8 Å². The Labute approximate surface area is 184 Å². The van der Waals surface area contributed by atoms with Crippen molar-refractivity contribution >= 4 is 86.8 Å². The molecule has 3 aromatic rings. The first-order chi connectivity index (χ1) is 12.2. The van der Waals surface area contributed by atoms with Gasteiger partial charge in [-0.2, -0.15) is 0 Å². The molecule has 0 unspecified atom stereocenters. The summed E-state index contributed by atoms with van der Waals surface area (Å²) in [4.78, 5) is 0. The highest BCUT2D eigenvalue weighted by Crippen LogP contribution is 2.47. The van der Waals surface area contributed by atoms with Crippen LogP contribution in [0.3, 0.4) is 0 Å². The van der Waals surface area contributed by atoms with Gasteiger partial charge in [0, 0.05) is 15.9 Å². The Morgan fingerprint density at radius 1 is 0.615 bits per heavy atom. The van der Waals surface area contributed by atoms with Gasteiger partial charge < -0.3 is 14.8 Å². The second kappa shape index (κ2) is 7.80. The molecule has 0 aliphatic rings. The molecule has 0 saturated heterocycles. The van der Waals surface area contributed by atoms with E-state index >= 15 is 0 Å². The van der Waals surface area contributed by atoms with E-state index in [0.717, 1.165) is 0 Å². The third kappa shape index (κ3) is 3.57. The van der Waals surface area contributed by atoms with Crippen molar-refractivity contribution in [1.29, 1.82) is 0 Å². The van der Waals surface area contributed by atoms with Gasteiger partial charge in [0.2, 0.25) is 0 Å². The topological polar surface area (TPSA) is 57.5 Å². The van der Waals surface area contributed by atoms with E-state index in [2.05, 4.69) is 63.7 Å². The lowest BCUT2D eigenvalue weighted by Crippen LogP contribution is -2.25. The Bertz CT molecular complexity index is 930. The average Bonchev–Trinajstić information content (AvgIpc) is 2.63. The maximum atomic E-state index is 14.4. The van der Waals surface area contributed by atoms with Crippen LogP contribution in [0.4, 0.5) is 0 Å². The first-order valence-electron chi connectivity index (χ1n) is 7.28. The summed E-state index contributed by atoms with van der Waals surface area (Å²) in [6.07, 6.45) is 0. The zero-order valence-electron chi connectivity index (χ0n) is 13.0. The summed E-state index contributed by atoms with van der Waals surface area (Å²) < 4.78 is 16.2. The molecule has 0 atom stereocenters. The molecule has 2 N–H and O–H groups in total. The second-order valence-corrected chi connectivity index (χ2v) is 11.6. The minimum atomic E-state index is -3.27. The van der Waals surface area contributed by atoms with Crippen molar-refractivity contribution in [3.63, 3.8) is 0 Å². The summed E-state index contributed by atoms with van der Waals surface area (Å²) in [7, 11) is -3.27. The van der Waals surface area contributed by atoms with Crippen molar-refractivity contribution in [1.82, 2.24) is 0 Å². The lowest BCUT2D eigenvalue weighted by atomic mass is 10.3. The number of rotatable bonds is 3. The van der Waals surface area contributed by atoms with E-state index < -0.39 is 7.14 Å². The smallest absolute Gasteiger partial charge is 0.171 e. The van der Waals surface area contributed by atoms with E-state index in [0.29, 0.717) is 33.8 Å². The zero-order chi connectivity index (χ0) is 19.1. The highest BCUT2D eigenvalue weighted by Gasteiger charge is 2.32. The van der Waals surface area contributed by atoms with Crippen molar-refractivity contribution in [3.8, 4) is 11.5 Å². The summed E-state index contributed by atoms with van der Waals surface area (Å²) >= 11 is 13.3. The van der Waals surface area contributed by atoms with Crippen LogP contribution in [0.2, 0.25) is 0 Å². The van der Waals surface area contributed by atoms with Crippen molar-refractivity contribution in [2.45, 2.75) is 0 Å². The minimum Gasteiger partial charge on any atom is -0.506 e. The molecule has 3 nitrogen and oxygen atoms in total. The molecule has 0 aliphatic carbocycles. The number of phenols is 2. The predicted octanol–water partition coefficient (Wildman–Crippen LogP) is 5.79. The molecule has 0 aliphatic heterocycles. The fraction of sp³-hybridized carbons (Fsp3) is 0. The number of halogens is 4. The number of benzene rings is 3. The van der Waals surface area contributed by atoms with Crippen LogP contribution < -0.4 is 15.9 Å². The van der Waals surface area contributed by atoms with Crippen molar-refractivity contribution in [3.05, 3.63) is 72.5 Å². The standard InChI is InChI=1S/C18H11Br4O3P/c19-13-6-11(7-14(20)17(13)23)26(25,10-4-2-1-3-5-10)12-8-15(21)18(24)16(22)9-12/h1-9,23-24H. The van der Waals surface area contributed by atoms with Gasteiger partial charge >= 0.3 is 0 Å². The van der Waals surface area contributed by atoms with Crippen molar-refractivity contribution in [2.24, 2.45) is 0 Å². The van der Waals surface area contributed by atoms with Gasteiger partial charge in [0.05, 0.1) is 17.9 Å². The van der Waals surface area contributed by atoms with Crippen LogP contribution in [0.1, 0.15) is 0 Å². The fourth-order valence-corrected chi connectivity index (χ4v) is 8.36. The molecular formula is C18H11Br4O3P. The van der Waals surface area contributed by atoms with E-state index in [4.69, 9.17) is 0 Å². The van der Waals surface area contributed by atoms with E-state index in [1.165, 1.54) is 0 Å². The number of phenolic OH excluding ortho intramolecular Hbond substituents is 2. The molecule has 3 aromatic carbocycles. The Hall–Kier alpha value is -0.590. The molecule has 0 radical (unpaired) electrons. The molecule has 0 fully saturated rings. The summed E-state index contributed by atoms with van der Waals surface area (Å²) in [6, 6.07) is 15.8. The first kappa shape index (κ1) is 20.2. The summed E-state index contributed by atoms with van der Waals surface area (Å²) in [5.74, 6) is 0.0860. The van der Waals surface area contributed by atoms with E-state index in [-0.39, 0.29) is 11.5 Å². The third-order valence-corrected chi connectivity index (χ3v) is 9.26. The molecular weight excluding hydrogens is 615 g/mol. The third-order valence-electron chi connectivity index (χ3n) is 3.85. The van der Waals surface area contributed by atoms with Crippen LogP contribution in [-0.4, -0.2) is 10.2 Å². The van der Waals surface area contributed by atoms with E-state index in [1.807, 2.05) is 30.3 Å². The van der Waals surface area contributed by atoms with Crippen LogP contribution in [-0.2, 0) is 4.57 Å². The number of hydrogen-bond acceptors (Lipinski definition) is 3. The molecule has 0 bridgehead atoms. The van der Waals surface area contributed by atoms with Gasteiger partial charge in [0.25, 0.3) is 0 Å². The van der Waals surface area contributed by atoms with Gasteiger partial charge in [-0.05, 0) is 88.0 Å². The van der Waals surface area contributed by atoms with Gasteiger partial charge in [-0.25, -0.2) is 0 Å². The SMILES string of the molecule is O=P(c1ccccc1)(c1cc(Br)c(O)c(Br)c1)c1cc(Br)c(O)c(Br)c1. The van der Waals surface area contributed by atoms with Crippen LogP contribution in [0.5, 0.6) is 11.5 Å². The van der Waals surface area contributed by atoms with Gasteiger partial charge in [-0.3, -0.25) is 0 Å². The predicted molar refractivity (Wildman–Crippen MR) is 120 cm³/mol. The molecule has 3 rings (SSSR count). The lowest BCUT2D eigenvalue weighted by molar-refractivity contribution is 0.468. The number of aromatic hydroxyl groups is 2. The summed E-state index contributed by atoms with van der Waals surface area (Å²) in [6.45, 7) is 0.